The summed E-state index contributed by atoms with van der Waals surface area (Å²) in [4.78, 5) is 11.7. The van der Waals surface area contributed by atoms with Crippen LogP contribution in [0.25, 0.3) is 16.5 Å². The van der Waals surface area contributed by atoms with Crippen LogP contribution in [-0.4, -0.2) is 50.1 Å². The van der Waals surface area contributed by atoms with E-state index in [9.17, 15) is 26.4 Å². The lowest BCUT2D eigenvalue weighted by Crippen LogP contribution is -2.30. The smallest absolute Gasteiger partial charge is 0.416 e. The summed E-state index contributed by atoms with van der Waals surface area (Å²) in [7, 11) is -2.87. The van der Waals surface area contributed by atoms with Gasteiger partial charge in [0.2, 0.25) is 10.0 Å². The van der Waals surface area contributed by atoms with Crippen molar-refractivity contribution in [2.75, 3.05) is 20.2 Å². The van der Waals surface area contributed by atoms with Crippen LogP contribution in [0.3, 0.4) is 0 Å². The number of rotatable bonds is 8. The summed E-state index contributed by atoms with van der Waals surface area (Å²) in [5.41, 5.74) is -0.836. The van der Waals surface area contributed by atoms with Gasteiger partial charge >= 0.3 is 12.1 Å². The Bertz CT molecular complexity index is 1120. The number of sulfonamides is 1. The number of halogens is 3. The van der Waals surface area contributed by atoms with Crippen molar-refractivity contribution in [1.82, 2.24) is 4.31 Å². The van der Waals surface area contributed by atoms with Gasteiger partial charge in [0.15, 0.2) is 0 Å². The van der Waals surface area contributed by atoms with Crippen LogP contribution in [0.1, 0.15) is 23.8 Å². The molecule has 1 aliphatic heterocycles. The highest BCUT2D eigenvalue weighted by Crippen LogP contribution is 2.37. The van der Waals surface area contributed by atoms with E-state index in [1.807, 2.05) is 0 Å². The maximum atomic E-state index is 13.5. The Hall–Kier alpha value is -2.21. The fourth-order valence-electron chi connectivity index (χ4n) is 2.86. The van der Waals surface area contributed by atoms with E-state index in [0.29, 0.717) is 22.4 Å². The van der Waals surface area contributed by atoms with E-state index in [4.69, 9.17) is 9.84 Å². The summed E-state index contributed by atoms with van der Waals surface area (Å²) < 4.78 is 72.2. The van der Waals surface area contributed by atoms with E-state index in [1.165, 1.54) is 19.2 Å². The van der Waals surface area contributed by atoms with Crippen molar-refractivity contribution in [2.24, 2.45) is 0 Å². The first-order chi connectivity index (χ1) is 14.4. The fourth-order valence-corrected chi connectivity index (χ4v) is 5.10. The standard InChI is InChI=1S/C20H20F3NO5S2/c1-3-12(19(25)26)7-16-4-5-18(30-16)13-6-14(20(21,22)23)9-17(8-13)31(27,28)24(2)10-15-11-29-15/h4-9,15H,3,10-11H2,1-2H3,(H,25,26)/t15-/m0/s1. The molecule has 0 aliphatic carbocycles. The minimum Gasteiger partial charge on any atom is -0.478 e. The fraction of sp³-hybridized carbons (Fsp3) is 0.350. The lowest BCUT2D eigenvalue weighted by molar-refractivity contribution is -0.137. The molecule has 1 aromatic carbocycles. The van der Waals surface area contributed by atoms with E-state index >= 15 is 0 Å². The third kappa shape index (κ3) is 5.53. The van der Waals surface area contributed by atoms with Crippen LogP contribution in [0.4, 0.5) is 13.2 Å². The van der Waals surface area contributed by atoms with Crippen molar-refractivity contribution in [3.63, 3.8) is 0 Å². The SMILES string of the molecule is CCC(=Cc1ccc(-c2cc(C(F)(F)F)cc(S(=O)(=O)N(C)C[C@H]3CO3)c2)s1)C(=O)O. The van der Waals surface area contributed by atoms with Crippen molar-refractivity contribution in [1.29, 1.82) is 0 Å². The van der Waals surface area contributed by atoms with E-state index in [-0.39, 0.29) is 30.2 Å². The molecule has 1 aliphatic rings. The highest BCUT2D eigenvalue weighted by atomic mass is 32.2. The molecule has 2 aromatic rings. The van der Waals surface area contributed by atoms with Gasteiger partial charge in [-0.2, -0.15) is 17.5 Å². The number of ether oxygens (including phenoxy) is 1. The second kappa shape index (κ2) is 8.73. The number of hydrogen-bond acceptors (Lipinski definition) is 5. The average Bonchev–Trinajstić information content (AvgIpc) is 3.38. The van der Waals surface area contributed by atoms with E-state index in [1.54, 1.807) is 19.1 Å². The first-order valence-electron chi connectivity index (χ1n) is 9.26. The first kappa shape index (κ1) is 23.5. The molecule has 1 atom stereocenters. The number of epoxide rings is 1. The van der Waals surface area contributed by atoms with Gasteiger partial charge in [-0.3, -0.25) is 0 Å². The largest absolute Gasteiger partial charge is 0.478 e. The second-order valence-corrected chi connectivity index (χ2v) is 10.2. The molecular weight excluding hydrogens is 455 g/mol. The highest BCUT2D eigenvalue weighted by Gasteiger charge is 2.35. The molecule has 1 N–H and O–H groups in total. The molecule has 3 rings (SSSR count). The van der Waals surface area contributed by atoms with Gasteiger partial charge in [0.05, 0.1) is 23.2 Å². The van der Waals surface area contributed by atoms with Crippen LogP contribution >= 0.6 is 11.3 Å². The van der Waals surface area contributed by atoms with Gasteiger partial charge in [0.25, 0.3) is 0 Å². The first-order valence-corrected chi connectivity index (χ1v) is 11.5. The molecule has 11 heteroatoms. The van der Waals surface area contributed by atoms with Crippen LogP contribution in [0.5, 0.6) is 0 Å². The average molecular weight is 476 g/mol. The number of thiophene rings is 1. The third-order valence-corrected chi connectivity index (χ3v) is 7.57. The Labute approximate surface area is 181 Å². The van der Waals surface area contributed by atoms with Gasteiger partial charge in [-0.25, -0.2) is 13.2 Å². The van der Waals surface area contributed by atoms with Crippen molar-refractivity contribution in [3.05, 3.63) is 46.3 Å². The molecule has 0 amide bonds. The molecule has 0 spiro atoms. The van der Waals surface area contributed by atoms with Crippen LogP contribution in [-0.2, 0) is 25.7 Å². The molecule has 1 fully saturated rings. The number of carbonyl (C=O) groups is 1. The van der Waals surface area contributed by atoms with Gasteiger partial charge in [-0.15, -0.1) is 11.3 Å². The molecule has 1 aromatic heterocycles. The topological polar surface area (TPSA) is 87.2 Å². The Balaban J connectivity index is 2.05. The van der Waals surface area contributed by atoms with Gasteiger partial charge in [0, 0.05) is 28.9 Å². The van der Waals surface area contributed by atoms with Gasteiger partial charge in [0.1, 0.15) is 0 Å². The second-order valence-electron chi connectivity index (χ2n) is 7.02. The molecule has 31 heavy (non-hydrogen) atoms. The minimum absolute atomic E-state index is 0.0524. The van der Waals surface area contributed by atoms with Crippen molar-refractivity contribution in [3.8, 4) is 10.4 Å². The molecule has 168 valence electrons. The van der Waals surface area contributed by atoms with Crippen LogP contribution in [0.2, 0.25) is 0 Å². The third-order valence-electron chi connectivity index (χ3n) is 4.69. The Kier molecular flexibility index (Phi) is 6.61. The lowest BCUT2D eigenvalue weighted by atomic mass is 10.1. The maximum Gasteiger partial charge on any atom is 0.416 e. The summed E-state index contributed by atoms with van der Waals surface area (Å²) in [5, 5.41) is 9.16. The maximum absolute atomic E-state index is 13.5. The highest BCUT2D eigenvalue weighted by molar-refractivity contribution is 7.89. The molecule has 6 nitrogen and oxygen atoms in total. The Morgan fingerprint density at radius 3 is 2.55 bits per heavy atom. The molecule has 0 bridgehead atoms. The number of nitrogens with zero attached hydrogens (tertiary/aromatic N) is 1. The molecule has 2 heterocycles. The molecular formula is C20H20F3NO5S2. The van der Waals surface area contributed by atoms with Crippen molar-refractivity contribution < 1.29 is 36.2 Å². The predicted molar refractivity (Wildman–Crippen MR) is 110 cm³/mol. The predicted octanol–water partition coefficient (Wildman–Crippen LogP) is 4.33. The summed E-state index contributed by atoms with van der Waals surface area (Å²) in [5.74, 6) is -1.08. The van der Waals surface area contributed by atoms with Crippen LogP contribution in [0, 0.1) is 0 Å². The number of alkyl halides is 3. The van der Waals surface area contributed by atoms with Gasteiger partial charge < -0.3 is 9.84 Å². The van der Waals surface area contributed by atoms with Crippen LogP contribution in [0.15, 0.2) is 40.8 Å². The Morgan fingerprint density at radius 2 is 2.00 bits per heavy atom. The zero-order valence-corrected chi connectivity index (χ0v) is 18.3. The van der Waals surface area contributed by atoms with Crippen LogP contribution < -0.4 is 0 Å². The summed E-state index contributed by atoms with van der Waals surface area (Å²) >= 11 is 1.08. The number of likely N-dealkylation sites (N-methyl/N-ethyl adjacent to an activating group) is 1. The number of carboxylic acid groups (broad SMARTS) is 1. The van der Waals surface area contributed by atoms with Crippen molar-refractivity contribution in [2.45, 2.75) is 30.5 Å². The number of aliphatic carboxylic acids is 1. The zero-order valence-electron chi connectivity index (χ0n) is 16.6. The number of benzene rings is 1. The molecule has 0 saturated carbocycles. The molecule has 1 saturated heterocycles. The Morgan fingerprint density at radius 1 is 1.32 bits per heavy atom. The monoisotopic (exact) mass is 475 g/mol. The van der Waals surface area contributed by atoms with E-state index in [0.717, 1.165) is 21.7 Å². The quantitative estimate of drug-likeness (QED) is 0.454. The van der Waals surface area contributed by atoms with Crippen molar-refractivity contribution >= 4 is 33.4 Å². The minimum atomic E-state index is -4.74. The number of hydrogen-bond donors (Lipinski definition) is 1. The lowest BCUT2D eigenvalue weighted by Gasteiger charge is -2.18. The summed E-state index contributed by atoms with van der Waals surface area (Å²) in [6.45, 7) is 2.15. The van der Waals surface area contributed by atoms with E-state index < -0.39 is 32.6 Å². The summed E-state index contributed by atoms with van der Waals surface area (Å²) in [6.07, 6.45) is -3.26. The van der Waals surface area contributed by atoms with Gasteiger partial charge in [-0.05, 0) is 48.4 Å². The van der Waals surface area contributed by atoms with Gasteiger partial charge in [-0.1, -0.05) is 6.92 Å². The van der Waals surface area contributed by atoms with E-state index in [2.05, 4.69) is 0 Å². The summed E-state index contributed by atoms with van der Waals surface area (Å²) in [6, 6.07) is 5.84. The normalized spacial score (nSPS) is 17.2. The zero-order chi connectivity index (χ0) is 23.0. The molecule has 0 radical (unpaired) electrons. The number of carboxylic acids is 1. The molecule has 0 unspecified atom stereocenters.